The van der Waals surface area contributed by atoms with Gasteiger partial charge in [-0.1, -0.05) is 0 Å². The number of aromatic nitrogens is 1. The van der Waals surface area contributed by atoms with Crippen LogP contribution in [0.15, 0.2) is 30.5 Å². The number of carbonyl (C=O) groups excluding carboxylic acids is 1. The third-order valence-corrected chi connectivity index (χ3v) is 2.84. The zero-order chi connectivity index (χ0) is 10.8. The Bertz CT molecular complexity index is 493. The molecule has 0 aliphatic rings. The number of carbonyl (C=O) groups is 1. The molecule has 0 radical (unpaired) electrons. The van der Waals surface area contributed by atoms with Gasteiger partial charge >= 0.3 is 0 Å². The van der Waals surface area contributed by atoms with Crippen molar-refractivity contribution in [1.82, 2.24) is 4.37 Å². The summed E-state index contributed by atoms with van der Waals surface area (Å²) in [5.41, 5.74) is 1.14. The van der Waals surface area contributed by atoms with Crippen molar-refractivity contribution >= 4 is 17.3 Å². The van der Waals surface area contributed by atoms with E-state index < -0.39 is 0 Å². The van der Waals surface area contributed by atoms with E-state index in [1.54, 1.807) is 12.3 Å². The van der Waals surface area contributed by atoms with Crippen LogP contribution in [0.2, 0.25) is 0 Å². The molecule has 0 saturated heterocycles. The van der Waals surface area contributed by atoms with Crippen molar-refractivity contribution in [2.75, 3.05) is 0 Å². The van der Waals surface area contributed by atoms with Crippen molar-refractivity contribution < 1.29 is 9.18 Å². The van der Waals surface area contributed by atoms with Crippen LogP contribution >= 0.6 is 11.5 Å². The summed E-state index contributed by atoms with van der Waals surface area (Å²) in [5.74, 6) is -0.415. The molecule has 1 heterocycles. The second-order valence-electron chi connectivity index (χ2n) is 3.12. The van der Waals surface area contributed by atoms with Gasteiger partial charge in [-0.15, -0.1) is 0 Å². The Morgan fingerprint density at radius 1 is 1.40 bits per heavy atom. The Kier molecular flexibility index (Phi) is 2.60. The van der Waals surface area contributed by atoms with E-state index >= 15 is 0 Å². The Labute approximate surface area is 90.5 Å². The maximum atomic E-state index is 13.1. The van der Waals surface area contributed by atoms with E-state index in [1.165, 1.54) is 36.7 Å². The number of ketones is 1. The largest absolute Gasteiger partial charge is 0.294 e. The van der Waals surface area contributed by atoms with E-state index in [4.69, 9.17) is 0 Å². The smallest absolute Gasteiger partial charge is 0.160 e. The van der Waals surface area contributed by atoms with E-state index in [0.717, 1.165) is 4.88 Å². The fraction of sp³-hybridized carbons (Fsp3) is 0.0909. The fourth-order valence-corrected chi connectivity index (χ4v) is 2.01. The predicted molar refractivity (Wildman–Crippen MR) is 57.5 cm³/mol. The third kappa shape index (κ3) is 1.94. The summed E-state index contributed by atoms with van der Waals surface area (Å²) in [6.07, 6.45) is 1.63. The van der Waals surface area contributed by atoms with Crippen LogP contribution in [0.4, 0.5) is 4.39 Å². The van der Waals surface area contributed by atoms with Crippen LogP contribution in [-0.4, -0.2) is 10.2 Å². The van der Waals surface area contributed by atoms with Gasteiger partial charge in [0, 0.05) is 17.3 Å². The maximum absolute atomic E-state index is 13.1. The van der Waals surface area contributed by atoms with Crippen LogP contribution in [0, 0.1) is 5.82 Å². The highest BCUT2D eigenvalue weighted by Gasteiger charge is 2.11. The number of hydrogen-bond donors (Lipinski definition) is 0. The van der Waals surface area contributed by atoms with Gasteiger partial charge < -0.3 is 0 Å². The summed E-state index contributed by atoms with van der Waals surface area (Å²) >= 11 is 1.25. The summed E-state index contributed by atoms with van der Waals surface area (Å²) in [7, 11) is 0. The third-order valence-electron chi connectivity index (χ3n) is 2.06. The van der Waals surface area contributed by atoms with E-state index in [1.807, 2.05) is 0 Å². The molecule has 0 aliphatic carbocycles. The lowest BCUT2D eigenvalue weighted by Crippen LogP contribution is -1.95. The van der Waals surface area contributed by atoms with E-state index in [2.05, 4.69) is 4.37 Å². The van der Waals surface area contributed by atoms with Crippen molar-refractivity contribution in [3.8, 4) is 10.4 Å². The first kappa shape index (κ1) is 9.98. The highest BCUT2D eigenvalue weighted by molar-refractivity contribution is 7.09. The molecule has 0 fully saturated rings. The molecule has 0 amide bonds. The quantitative estimate of drug-likeness (QED) is 0.729. The number of halogens is 1. The standard InChI is InChI=1S/C11H8FNOS/c1-7(14)9-3-2-8(12)6-10(9)11-4-5-13-15-11/h2-6H,1H3. The van der Waals surface area contributed by atoms with Crippen LogP contribution in [-0.2, 0) is 0 Å². The van der Waals surface area contributed by atoms with Gasteiger partial charge in [-0.3, -0.25) is 4.79 Å². The van der Waals surface area contributed by atoms with Gasteiger partial charge in [0.05, 0.1) is 4.88 Å². The number of hydrogen-bond acceptors (Lipinski definition) is 3. The molecule has 0 atom stereocenters. The molecule has 1 aromatic carbocycles. The lowest BCUT2D eigenvalue weighted by Gasteiger charge is -2.03. The van der Waals surface area contributed by atoms with Crippen LogP contribution in [0.25, 0.3) is 10.4 Å². The lowest BCUT2D eigenvalue weighted by atomic mass is 10.0. The van der Waals surface area contributed by atoms with Gasteiger partial charge in [0.1, 0.15) is 5.82 Å². The summed E-state index contributed by atoms with van der Waals surface area (Å²) in [4.78, 5) is 12.1. The van der Waals surface area contributed by atoms with Crippen molar-refractivity contribution in [3.05, 3.63) is 41.8 Å². The number of benzene rings is 1. The summed E-state index contributed by atoms with van der Waals surface area (Å²) in [5, 5.41) is 0. The first-order valence-corrected chi connectivity index (χ1v) is 5.17. The predicted octanol–water partition coefficient (Wildman–Crippen LogP) is 3.15. The van der Waals surface area contributed by atoms with Crippen molar-refractivity contribution in [2.24, 2.45) is 0 Å². The van der Waals surface area contributed by atoms with Gasteiger partial charge in [-0.2, -0.15) is 0 Å². The topological polar surface area (TPSA) is 30.0 Å². The first-order valence-electron chi connectivity index (χ1n) is 4.40. The zero-order valence-corrected chi connectivity index (χ0v) is 8.84. The summed E-state index contributed by atoms with van der Waals surface area (Å²) in [6, 6.07) is 5.93. The van der Waals surface area contributed by atoms with Crippen LogP contribution < -0.4 is 0 Å². The molecule has 0 aliphatic heterocycles. The molecule has 1 aromatic heterocycles. The molecule has 15 heavy (non-hydrogen) atoms. The molecule has 76 valence electrons. The highest BCUT2D eigenvalue weighted by Crippen LogP contribution is 2.27. The SMILES string of the molecule is CC(=O)c1ccc(F)cc1-c1ccns1. The molecular weight excluding hydrogens is 213 g/mol. The molecular formula is C11H8FNOS. The van der Waals surface area contributed by atoms with Crippen LogP contribution in [0.3, 0.4) is 0 Å². The normalized spacial score (nSPS) is 10.3. The number of Topliss-reactive ketones (excluding diaryl/α,β-unsaturated/α-hetero) is 1. The Morgan fingerprint density at radius 2 is 2.20 bits per heavy atom. The van der Waals surface area contributed by atoms with Gasteiger partial charge in [0.25, 0.3) is 0 Å². The number of nitrogens with zero attached hydrogens (tertiary/aromatic N) is 1. The zero-order valence-electron chi connectivity index (χ0n) is 8.03. The summed E-state index contributed by atoms with van der Waals surface area (Å²) in [6.45, 7) is 1.47. The molecule has 2 aromatic rings. The van der Waals surface area contributed by atoms with E-state index in [-0.39, 0.29) is 11.6 Å². The minimum absolute atomic E-state index is 0.0709. The van der Waals surface area contributed by atoms with E-state index in [0.29, 0.717) is 11.1 Å². The molecule has 4 heteroatoms. The van der Waals surface area contributed by atoms with Crippen LogP contribution in [0.5, 0.6) is 0 Å². The first-order chi connectivity index (χ1) is 7.18. The molecule has 0 saturated carbocycles. The second kappa shape index (κ2) is 3.90. The van der Waals surface area contributed by atoms with E-state index in [9.17, 15) is 9.18 Å². The average molecular weight is 221 g/mol. The van der Waals surface area contributed by atoms with Crippen molar-refractivity contribution in [3.63, 3.8) is 0 Å². The summed E-state index contributed by atoms with van der Waals surface area (Å²) < 4.78 is 17.0. The minimum atomic E-state index is -0.344. The molecule has 0 spiro atoms. The van der Waals surface area contributed by atoms with Gasteiger partial charge in [-0.25, -0.2) is 8.76 Å². The lowest BCUT2D eigenvalue weighted by molar-refractivity contribution is 0.101. The van der Waals surface area contributed by atoms with Crippen molar-refractivity contribution in [2.45, 2.75) is 6.92 Å². The molecule has 2 nitrogen and oxygen atoms in total. The van der Waals surface area contributed by atoms with Gasteiger partial charge in [0.15, 0.2) is 5.78 Å². The Morgan fingerprint density at radius 3 is 2.80 bits per heavy atom. The monoisotopic (exact) mass is 221 g/mol. The molecule has 0 N–H and O–H groups in total. The fourth-order valence-electron chi connectivity index (χ4n) is 1.38. The van der Waals surface area contributed by atoms with Gasteiger partial charge in [0.2, 0.25) is 0 Å². The average Bonchev–Trinajstić information content (AvgIpc) is 2.69. The van der Waals surface area contributed by atoms with Crippen molar-refractivity contribution in [1.29, 1.82) is 0 Å². The van der Waals surface area contributed by atoms with Gasteiger partial charge in [-0.05, 0) is 42.7 Å². The molecule has 2 rings (SSSR count). The minimum Gasteiger partial charge on any atom is -0.294 e. The van der Waals surface area contributed by atoms with Crippen LogP contribution in [0.1, 0.15) is 17.3 Å². The second-order valence-corrected chi connectivity index (χ2v) is 3.96. The molecule has 0 unspecified atom stereocenters. The Balaban J connectivity index is 2.63. The molecule has 0 bridgehead atoms. The number of rotatable bonds is 2. The maximum Gasteiger partial charge on any atom is 0.160 e. The Hall–Kier alpha value is -1.55. The highest BCUT2D eigenvalue weighted by atomic mass is 32.1.